The fourth-order valence-electron chi connectivity index (χ4n) is 1.80. The van der Waals surface area contributed by atoms with Gasteiger partial charge in [-0.05, 0) is 17.7 Å². The second kappa shape index (κ2) is 4.01. The summed E-state index contributed by atoms with van der Waals surface area (Å²) in [7, 11) is 0. The van der Waals surface area contributed by atoms with Crippen LogP contribution in [0.3, 0.4) is 0 Å². The maximum absolute atomic E-state index is 11.1. The Kier molecular flexibility index (Phi) is 2.35. The minimum absolute atomic E-state index is 0.154. The topological polar surface area (TPSA) is 113 Å². The van der Waals surface area contributed by atoms with Crippen LogP contribution in [0.1, 0.15) is 0 Å². The highest BCUT2D eigenvalue weighted by atomic mass is 16.6. The zero-order chi connectivity index (χ0) is 12.5. The second-order valence-corrected chi connectivity index (χ2v) is 3.75. The Morgan fingerprint density at radius 2 is 2.44 bits per heavy atom. The molecular weight excluding hydrogens is 240 g/mol. The van der Waals surface area contributed by atoms with E-state index in [-0.39, 0.29) is 19.3 Å². The fraction of sp³-hybridized carbons (Fsp3) is 0.300. The van der Waals surface area contributed by atoms with Crippen molar-refractivity contribution in [1.29, 1.82) is 0 Å². The van der Waals surface area contributed by atoms with Crippen molar-refractivity contribution >= 4 is 11.1 Å². The molecule has 3 rings (SSSR count). The molecule has 0 unspecified atom stereocenters. The first-order valence-electron chi connectivity index (χ1n) is 5.24. The Morgan fingerprint density at radius 3 is 3.28 bits per heavy atom. The molecule has 0 bridgehead atoms. The van der Waals surface area contributed by atoms with Gasteiger partial charge in [0.15, 0.2) is 5.75 Å². The molecule has 0 fully saturated rings. The van der Waals surface area contributed by atoms with Crippen molar-refractivity contribution in [2.75, 3.05) is 13.2 Å². The third kappa shape index (κ3) is 1.64. The van der Waals surface area contributed by atoms with E-state index >= 15 is 0 Å². The molecule has 18 heavy (non-hydrogen) atoms. The van der Waals surface area contributed by atoms with Crippen molar-refractivity contribution in [2.24, 2.45) is 5.11 Å². The van der Waals surface area contributed by atoms with Gasteiger partial charge in [-0.3, -0.25) is 4.98 Å². The van der Waals surface area contributed by atoms with Gasteiger partial charge >= 0.3 is 5.76 Å². The Bertz CT molecular complexity index is 697. The highest BCUT2D eigenvalue weighted by Crippen LogP contribution is 2.37. The van der Waals surface area contributed by atoms with Crippen LogP contribution in [0.4, 0.5) is 0 Å². The summed E-state index contributed by atoms with van der Waals surface area (Å²) in [4.78, 5) is 16.3. The number of H-pyrrole nitrogens is 1. The Hall–Kier alpha value is -2.60. The van der Waals surface area contributed by atoms with E-state index in [1.165, 1.54) is 0 Å². The zero-order valence-corrected chi connectivity index (χ0v) is 9.12. The summed E-state index contributed by atoms with van der Waals surface area (Å²) in [6.45, 7) is 0.438. The lowest BCUT2D eigenvalue weighted by molar-refractivity contribution is 0.0975. The van der Waals surface area contributed by atoms with Gasteiger partial charge < -0.3 is 13.9 Å². The molecule has 1 aliphatic heterocycles. The van der Waals surface area contributed by atoms with Crippen LogP contribution in [0.5, 0.6) is 11.5 Å². The molecule has 92 valence electrons. The molecule has 8 heteroatoms. The van der Waals surface area contributed by atoms with E-state index in [2.05, 4.69) is 15.0 Å². The summed E-state index contributed by atoms with van der Waals surface area (Å²) in [6, 6.07) is 3.36. The first kappa shape index (κ1) is 10.5. The van der Waals surface area contributed by atoms with Crippen molar-refractivity contribution < 1.29 is 13.9 Å². The molecule has 2 heterocycles. The summed E-state index contributed by atoms with van der Waals surface area (Å²) in [5.41, 5.74) is 9.11. The normalized spacial score (nSPS) is 17.4. The zero-order valence-electron chi connectivity index (χ0n) is 9.12. The van der Waals surface area contributed by atoms with Crippen LogP contribution < -0.4 is 15.2 Å². The lowest BCUT2D eigenvalue weighted by Gasteiger charge is -2.25. The van der Waals surface area contributed by atoms with Crippen LogP contribution >= 0.6 is 0 Å². The molecule has 8 nitrogen and oxygen atoms in total. The molecule has 1 N–H and O–H groups in total. The van der Waals surface area contributed by atoms with Gasteiger partial charge in [0.2, 0.25) is 11.3 Å². The van der Waals surface area contributed by atoms with Crippen molar-refractivity contribution in [2.45, 2.75) is 6.10 Å². The number of aromatic nitrogens is 1. The molecule has 0 radical (unpaired) electrons. The van der Waals surface area contributed by atoms with Gasteiger partial charge in [0, 0.05) is 4.91 Å². The smallest absolute Gasteiger partial charge is 0.417 e. The van der Waals surface area contributed by atoms with Crippen LogP contribution in [0.25, 0.3) is 21.5 Å². The maximum Gasteiger partial charge on any atom is 0.417 e. The van der Waals surface area contributed by atoms with Crippen LogP contribution in [0, 0.1) is 0 Å². The molecular formula is C10H8N4O4. The fourth-order valence-corrected chi connectivity index (χ4v) is 1.80. The summed E-state index contributed by atoms with van der Waals surface area (Å²) >= 11 is 0. The molecule has 1 aromatic carbocycles. The van der Waals surface area contributed by atoms with E-state index < -0.39 is 5.76 Å². The Labute approximate surface area is 99.7 Å². The quantitative estimate of drug-likeness (QED) is 0.493. The summed E-state index contributed by atoms with van der Waals surface area (Å²) < 4.78 is 16.1. The summed E-state index contributed by atoms with van der Waals surface area (Å²) in [5, 5.41) is 3.43. The highest BCUT2D eigenvalue weighted by molar-refractivity contribution is 5.82. The minimum Gasteiger partial charge on any atom is -0.486 e. The first-order valence-corrected chi connectivity index (χ1v) is 5.24. The van der Waals surface area contributed by atoms with E-state index in [4.69, 9.17) is 19.4 Å². The van der Waals surface area contributed by atoms with E-state index in [1.807, 2.05) is 0 Å². The van der Waals surface area contributed by atoms with Crippen LogP contribution in [0.15, 0.2) is 26.5 Å². The van der Waals surface area contributed by atoms with Crippen molar-refractivity contribution in [3.8, 4) is 11.5 Å². The SMILES string of the molecule is [N-]=[N+]=NC[C@H]1COc2ccc3[nH]c(=O)oc3c2O1. The predicted octanol–water partition coefficient (Wildman–Crippen LogP) is 1.57. The van der Waals surface area contributed by atoms with Crippen LogP contribution in [-0.2, 0) is 0 Å². The number of ether oxygens (including phenoxy) is 2. The van der Waals surface area contributed by atoms with E-state index in [1.54, 1.807) is 12.1 Å². The molecule has 0 saturated carbocycles. The lowest BCUT2D eigenvalue weighted by Crippen LogP contribution is -2.31. The first-order chi connectivity index (χ1) is 8.78. The van der Waals surface area contributed by atoms with Gasteiger partial charge in [-0.1, -0.05) is 5.11 Å². The van der Waals surface area contributed by atoms with Crippen LogP contribution in [0.2, 0.25) is 0 Å². The monoisotopic (exact) mass is 248 g/mol. The maximum atomic E-state index is 11.1. The predicted molar refractivity (Wildman–Crippen MR) is 60.8 cm³/mol. The van der Waals surface area contributed by atoms with E-state index in [0.717, 1.165) is 0 Å². The summed E-state index contributed by atoms with van der Waals surface area (Å²) in [6.07, 6.45) is -0.390. The number of nitrogens with one attached hydrogen (secondary N) is 1. The van der Waals surface area contributed by atoms with E-state index in [0.29, 0.717) is 22.6 Å². The number of oxazole rings is 1. The molecule has 0 aliphatic carbocycles. The number of hydrogen-bond acceptors (Lipinski definition) is 5. The Balaban J connectivity index is 2.04. The second-order valence-electron chi connectivity index (χ2n) is 3.75. The molecule has 1 atom stereocenters. The molecule has 2 aromatic rings. The number of aromatic amines is 1. The van der Waals surface area contributed by atoms with Crippen molar-refractivity contribution in [1.82, 2.24) is 4.98 Å². The van der Waals surface area contributed by atoms with Gasteiger partial charge in [0.1, 0.15) is 12.7 Å². The molecule has 1 aromatic heterocycles. The number of fused-ring (bicyclic) bond motifs is 3. The van der Waals surface area contributed by atoms with Gasteiger partial charge in [-0.2, -0.15) is 0 Å². The van der Waals surface area contributed by atoms with Gasteiger partial charge in [-0.25, -0.2) is 4.79 Å². The van der Waals surface area contributed by atoms with Crippen molar-refractivity contribution in [3.05, 3.63) is 33.1 Å². The minimum atomic E-state index is -0.556. The number of azide groups is 1. The molecule has 1 aliphatic rings. The molecule has 0 amide bonds. The number of nitrogens with zero attached hydrogens (tertiary/aromatic N) is 3. The van der Waals surface area contributed by atoms with Gasteiger partial charge in [-0.15, -0.1) is 0 Å². The third-order valence-corrected chi connectivity index (χ3v) is 2.57. The highest BCUT2D eigenvalue weighted by Gasteiger charge is 2.24. The average molecular weight is 248 g/mol. The number of rotatable bonds is 2. The molecule has 0 spiro atoms. The number of hydrogen-bond donors (Lipinski definition) is 1. The van der Waals surface area contributed by atoms with Crippen LogP contribution in [-0.4, -0.2) is 24.2 Å². The third-order valence-electron chi connectivity index (χ3n) is 2.57. The number of benzene rings is 1. The standard InChI is InChI=1S/C10H8N4O4/c11-14-12-3-5-4-16-7-2-1-6-8(9(7)17-5)18-10(15)13-6/h1-2,5H,3-4H2,(H,13,15)/t5-/m0/s1. The lowest BCUT2D eigenvalue weighted by atomic mass is 10.2. The Morgan fingerprint density at radius 1 is 1.56 bits per heavy atom. The van der Waals surface area contributed by atoms with E-state index in [9.17, 15) is 4.79 Å². The van der Waals surface area contributed by atoms with Gasteiger partial charge in [0.25, 0.3) is 0 Å². The molecule has 0 saturated heterocycles. The largest absolute Gasteiger partial charge is 0.486 e. The van der Waals surface area contributed by atoms with Gasteiger partial charge in [0.05, 0.1) is 12.1 Å². The average Bonchev–Trinajstić information content (AvgIpc) is 2.77. The van der Waals surface area contributed by atoms with Crippen molar-refractivity contribution in [3.63, 3.8) is 0 Å². The summed E-state index contributed by atoms with van der Waals surface area (Å²) in [5.74, 6) is 0.303.